The summed E-state index contributed by atoms with van der Waals surface area (Å²) in [4.78, 5) is 20.9. The number of hydrogen-bond donors (Lipinski definition) is 2. The number of hydrogen-bond acceptors (Lipinski definition) is 6. The number of rotatable bonds is 7. The number of carbonyl (C=O) groups excluding carboxylic acids is 1. The van der Waals surface area contributed by atoms with Crippen LogP contribution in [0.25, 0.3) is 16.3 Å². The summed E-state index contributed by atoms with van der Waals surface area (Å²) in [7, 11) is 0. The second-order valence-electron chi connectivity index (χ2n) is 6.65. The van der Waals surface area contributed by atoms with Gasteiger partial charge in [-0.05, 0) is 43.0 Å². The number of nitrogens with zero attached hydrogens (tertiary/aromatic N) is 2. The monoisotopic (exact) mass is 372 g/mol. The molecule has 1 aromatic carbocycles. The van der Waals surface area contributed by atoms with Gasteiger partial charge in [-0.1, -0.05) is 19.9 Å². The van der Waals surface area contributed by atoms with Crippen molar-refractivity contribution in [2.75, 3.05) is 13.2 Å². The van der Waals surface area contributed by atoms with Crippen molar-refractivity contribution in [3.63, 3.8) is 0 Å². The van der Waals surface area contributed by atoms with E-state index in [0.717, 1.165) is 22.2 Å². The van der Waals surface area contributed by atoms with Crippen LogP contribution in [0.2, 0.25) is 0 Å². The van der Waals surface area contributed by atoms with Gasteiger partial charge in [0.2, 0.25) is 5.96 Å². The molecule has 2 heterocycles. The van der Waals surface area contributed by atoms with Crippen LogP contribution in [-0.2, 0) is 9.53 Å². The lowest BCUT2D eigenvalue weighted by molar-refractivity contribution is -0.115. The number of ether oxygens (including phenoxy) is 1. The van der Waals surface area contributed by atoms with Crippen molar-refractivity contribution in [3.8, 4) is 0 Å². The molecule has 1 aliphatic rings. The molecule has 0 saturated carbocycles. The van der Waals surface area contributed by atoms with Gasteiger partial charge in [-0.2, -0.15) is 0 Å². The SMILES string of the molecule is CCOC[C@@H](CC(C)C)NC1=N/C(=C\c2ccc3ncsc3c2)C(=O)N1. The van der Waals surface area contributed by atoms with Crippen LogP contribution in [0, 0.1) is 5.92 Å². The molecule has 138 valence electrons. The van der Waals surface area contributed by atoms with E-state index in [-0.39, 0.29) is 11.9 Å². The number of carbonyl (C=O) groups is 1. The molecule has 0 aliphatic carbocycles. The maximum Gasteiger partial charge on any atom is 0.276 e. The first-order chi connectivity index (χ1) is 12.5. The molecule has 0 bridgehead atoms. The van der Waals surface area contributed by atoms with E-state index in [4.69, 9.17) is 4.74 Å². The molecule has 0 fully saturated rings. The van der Waals surface area contributed by atoms with Gasteiger partial charge in [0.1, 0.15) is 5.70 Å². The van der Waals surface area contributed by atoms with Crippen LogP contribution in [0.1, 0.15) is 32.8 Å². The molecule has 7 heteroatoms. The topological polar surface area (TPSA) is 75.6 Å². The van der Waals surface area contributed by atoms with Gasteiger partial charge in [-0.3, -0.25) is 10.1 Å². The van der Waals surface area contributed by atoms with E-state index < -0.39 is 0 Å². The second-order valence-corrected chi connectivity index (χ2v) is 7.54. The molecule has 0 spiro atoms. The molecule has 0 unspecified atom stereocenters. The van der Waals surface area contributed by atoms with Gasteiger partial charge in [-0.25, -0.2) is 9.98 Å². The Balaban J connectivity index is 1.74. The van der Waals surface area contributed by atoms with Crippen LogP contribution in [-0.4, -0.2) is 36.1 Å². The zero-order valence-corrected chi connectivity index (χ0v) is 16.1. The number of aromatic nitrogens is 1. The van der Waals surface area contributed by atoms with Crippen molar-refractivity contribution in [1.82, 2.24) is 15.6 Å². The van der Waals surface area contributed by atoms with E-state index in [9.17, 15) is 4.79 Å². The highest BCUT2D eigenvalue weighted by atomic mass is 32.1. The quantitative estimate of drug-likeness (QED) is 0.732. The third-order valence-electron chi connectivity index (χ3n) is 3.98. The molecule has 3 rings (SSSR count). The van der Waals surface area contributed by atoms with Crippen molar-refractivity contribution in [2.45, 2.75) is 33.2 Å². The first-order valence-corrected chi connectivity index (χ1v) is 9.72. The second kappa shape index (κ2) is 8.42. The average molecular weight is 372 g/mol. The Morgan fingerprint density at radius 3 is 3.00 bits per heavy atom. The van der Waals surface area contributed by atoms with Gasteiger partial charge in [0.25, 0.3) is 5.91 Å². The van der Waals surface area contributed by atoms with Crippen molar-refractivity contribution in [2.24, 2.45) is 10.9 Å². The zero-order valence-electron chi connectivity index (χ0n) is 15.3. The minimum atomic E-state index is -0.198. The molecule has 1 amide bonds. The van der Waals surface area contributed by atoms with Crippen LogP contribution >= 0.6 is 11.3 Å². The highest BCUT2D eigenvalue weighted by molar-refractivity contribution is 7.16. The van der Waals surface area contributed by atoms with Gasteiger partial charge in [0.05, 0.1) is 28.4 Å². The number of fused-ring (bicyclic) bond motifs is 1. The van der Waals surface area contributed by atoms with Crippen LogP contribution in [0.4, 0.5) is 0 Å². The molecule has 1 aromatic heterocycles. The van der Waals surface area contributed by atoms with Crippen molar-refractivity contribution < 1.29 is 9.53 Å². The Hall–Kier alpha value is -2.25. The largest absolute Gasteiger partial charge is 0.380 e. The molecule has 2 aromatic rings. The summed E-state index contributed by atoms with van der Waals surface area (Å²) in [6, 6.07) is 6.03. The fourth-order valence-corrected chi connectivity index (χ4v) is 3.57. The number of nitrogens with one attached hydrogen (secondary N) is 2. The lowest BCUT2D eigenvalue weighted by Gasteiger charge is -2.20. The van der Waals surface area contributed by atoms with Gasteiger partial charge >= 0.3 is 0 Å². The third-order valence-corrected chi connectivity index (χ3v) is 4.77. The summed E-state index contributed by atoms with van der Waals surface area (Å²) in [5.74, 6) is 0.814. The molecule has 0 radical (unpaired) electrons. The predicted molar refractivity (Wildman–Crippen MR) is 106 cm³/mol. The molecule has 26 heavy (non-hydrogen) atoms. The molecule has 0 saturated heterocycles. The number of guanidine groups is 1. The van der Waals surface area contributed by atoms with E-state index in [1.165, 1.54) is 0 Å². The Bertz CT molecular complexity index is 841. The van der Waals surface area contributed by atoms with E-state index in [0.29, 0.717) is 30.8 Å². The van der Waals surface area contributed by atoms with Crippen LogP contribution in [0.3, 0.4) is 0 Å². The maximum absolute atomic E-state index is 12.2. The molecular formula is C19H24N4O2S. The Kier molecular flexibility index (Phi) is 6.00. The Labute approximate surface area is 157 Å². The molecule has 1 aliphatic heterocycles. The van der Waals surface area contributed by atoms with Crippen LogP contribution in [0.5, 0.6) is 0 Å². The third kappa shape index (κ3) is 4.68. The molecule has 6 nitrogen and oxygen atoms in total. The summed E-state index contributed by atoms with van der Waals surface area (Å²) < 4.78 is 6.63. The maximum atomic E-state index is 12.2. The first kappa shape index (κ1) is 18.5. The van der Waals surface area contributed by atoms with Gasteiger partial charge in [0.15, 0.2) is 0 Å². The minimum Gasteiger partial charge on any atom is -0.380 e. The molecule has 2 N–H and O–H groups in total. The fraction of sp³-hybridized carbons (Fsp3) is 0.421. The normalized spacial score (nSPS) is 17.0. The number of amides is 1. The van der Waals surface area contributed by atoms with Gasteiger partial charge < -0.3 is 10.1 Å². The highest BCUT2D eigenvalue weighted by Gasteiger charge is 2.22. The lowest BCUT2D eigenvalue weighted by Crippen LogP contribution is -2.45. The summed E-state index contributed by atoms with van der Waals surface area (Å²) in [5.41, 5.74) is 4.12. The van der Waals surface area contributed by atoms with Crippen molar-refractivity contribution >= 4 is 39.5 Å². The van der Waals surface area contributed by atoms with E-state index in [1.54, 1.807) is 17.4 Å². The molecule has 1 atom stereocenters. The summed E-state index contributed by atoms with van der Waals surface area (Å²) >= 11 is 1.58. The van der Waals surface area contributed by atoms with Crippen LogP contribution < -0.4 is 10.6 Å². The van der Waals surface area contributed by atoms with E-state index in [2.05, 4.69) is 34.5 Å². The number of aliphatic imine (C=N–C) groups is 1. The standard InChI is InChI=1S/C19H24N4O2S/c1-4-25-10-14(7-12(2)3)21-19-22-16(18(24)23-19)8-13-5-6-15-17(9-13)26-11-20-15/h5-6,8-9,11-12,14H,4,7,10H2,1-3H3,(H2,21,22,23,24)/b16-8-/t14-/m1/s1. The molecular weight excluding hydrogens is 348 g/mol. The Morgan fingerprint density at radius 1 is 1.38 bits per heavy atom. The summed E-state index contributed by atoms with van der Waals surface area (Å²) in [6.07, 6.45) is 2.74. The lowest BCUT2D eigenvalue weighted by atomic mass is 10.0. The number of thiazole rings is 1. The van der Waals surface area contributed by atoms with E-state index in [1.807, 2.05) is 30.6 Å². The Morgan fingerprint density at radius 2 is 2.23 bits per heavy atom. The van der Waals surface area contributed by atoms with E-state index >= 15 is 0 Å². The number of benzene rings is 1. The van der Waals surface area contributed by atoms with Gasteiger partial charge in [-0.15, -0.1) is 11.3 Å². The van der Waals surface area contributed by atoms with Crippen molar-refractivity contribution in [3.05, 3.63) is 35.0 Å². The smallest absolute Gasteiger partial charge is 0.276 e. The fourth-order valence-electron chi connectivity index (χ4n) is 2.85. The highest BCUT2D eigenvalue weighted by Crippen LogP contribution is 2.21. The zero-order chi connectivity index (χ0) is 18.5. The summed E-state index contributed by atoms with van der Waals surface area (Å²) in [5, 5.41) is 6.10. The van der Waals surface area contributed by atoms with Crippen molar-refractivity contribution in [1.29, 1.82) is 0 Å². The average Bonchev–Trinajstić information content (AvgIpc) is 3.18. The van der Waals surface area contributed by atoms with Gasteiger partial charge in [0, 0.05) is 6.61 Å². The first-order valence-electron chi connectivity index (χ1n) is 8.84. The summed E-state index contributed by atoms with van der Waals surface area (Å²) in [6.45, 7) is 7.56. The van der Waals surface area contributed by atoms with Crippen LogP contribution in [0.15, 0.2) is 34.4 Å². The minimum absolute atomic E-state index is 0.113. The predicted octanol–water partition coefficient (Wildman–Crippen LogP) is 3.16.